The van der Waals surface area contributed by atoms with Crippen LogP contribution in [0.25, 0.3) is 0 Å². The molecule has 164 valence electrons. The number of carboxylic acid groups (broad SMARTS) is 1. The molecule has 2 amide bonds. The van der Waals surface area contributed by atoms with Crippen molar-refractivity contribution in [3.63, 3.8) is 0 Å². The van der Waals surface area contributed by atoms with Gasteiger partial charge in [0.1, 0.15) is 11.2 Å². The lowest BCUT2D eigenvalue weighted by Crippen LogP contribution is -2.41. The highest BCUT2D eigenvalue weighted by Crippen LogP contribution is 2.27. The zero-order valence-corrected chi connectivity index (χ0v) is 18.4. The molecule has 0 spiro atoms. The van der Waals surface area contributed by atoms with E-state index in [1.807, 2.05) is 20.8 Å². The van der Waals surface area contributed by atoms with E-state index in [-0.39, 0.29) is 17.7 Å². The van der Waals surface area contributed by atoms with Crippen LogP contribution < -0.4 is 10.6 Å². The van der Waals surface area contributed by atoms with E-state index in [4.69, 9.17) is 5.11 Å². The van der Waals surface area contributed by atoms with Crippen molar-refractivity contribution < 1.29 is 19.5 Å². The molecule has 2 unspecified atom stereocenters. The van der Waals surface area contributed by atoms with Crippen LogP contribution in [0.15, 0.2) is 17.3 Å². The fraction of sp³-hybridized carbons (Fsp3) is 0.591. The highest BCUT2D eigenvalue weighted by molar-refractivity contribution is 6.18. The van der Waals surface area contributed by atoms with Crippen molar-refractivity contribution in [3.8, 4) is 0 Å². The Kier molecular flexibility index (Phi) is 7.70. The van der Waals surface area contributed by atoms with E-state index in [2.05, 4.69) is 20.6 Å². The lowest BCUT2D eigenvalue weighted by molar-refractivity contribution is -0.141. The summed E-state index contributed by atoms with van der Waals surface area (Å²) in [6.45, 7) is 9.72. The Morgan fingerprint density at radius 1 is 1.27 bits per heavy atom. The second-order valence-electron chi connectivity index (χ2n) is 8.30. The fourth-order valence-corrected chi connectivity index (χ4v) is 3.11. The summed E-state index contributed by atoms with van der Waals surface area (Å²) in [6, 6.07) is 1.78. The summed E-state index contributed by atoms with van der Waals surface area (Å²) in [7, 11) is 0. The predicted octanol–water partition coefficient (Wildman–Crippen LogP) is 2.56. The van der Waals surface area contributed by atoms with Crippen molar-refractivity contribution in [2.24, 2.45) is 16.8 Å². The quantitative estimate of drug-likeness (QED) is 0.506. The van der Waals surface area contributed by atoms with Crippen LogP contribution in [0.2, 0.25) is 0 Å². The number of nitrogens with one attached hydrogen (secondary N) is 2. The molecule has 0 aromatic carbocycles. The number of unbranched alkanes of at least 4 members (excludes halogenated alkanes) is 1. The molecule has 0 bridgehead atoms. The number of aryl methyl sites for hydroxylation is 1. The number of aromatic nitrogens is 1. The van der Waals surface area contributed by atoms with E-state index in [0.717, 1.165) is 12.0 Å². The Balaban J connectivity index is 2.15. The molecule has 2 heterocycles. The minimum atomic E-state index is -0.894. The average Bonchev–Trinajstić information content (AvgIpc) is 3.02. The molecule has 1 aliphatic rings. The molecule has 1 aliphatic heterocycles. The molecule has 2 rings (SSSR count). The van der Waals surface area contributed by atoms with Crippen LogP contribution in [0.1, 0.15) is 75.5 Å². The van der Waals surface area contributed by atoms with Gasteiger partial charge in [0, 0.05) is 12.7 Å². The molecule has 30 heavy (non-hydrogen) atoms. The maximum absolute atomic E-state index is 12.9. The third kappa shape index (κ3) is 5.23. The molecule has 8 nitrogen and oxygen atoms in total. The van der Waals surface area contributed by atoms with Gasteiger partial charge in [0.05, 0.1) is 11.5 Å². The summed E-state index contributed by atoms with van der Waals surface area (Å²) in [6.07, 6.45) is 4.38. The van der Waals surface area contributed by atoms with Gasteiger partial charge in [0.2, 0.25) is 0 Å². The van der Waals surface area contributed by atoms with Crippen molar-refractivity contribution in [3.05, 3.63) is 29.1 Å². The number of carboxylic acids is 1. The van der Waals surface area contributed by atoms with Gasteiger partial charge in [-0.2, -0.15) is 0 Å². The van der Waals surface area contributed by atoms with Crippen molar-refractivity contribution in [1.82, 2.24) is 15.6 Å². The number of carbonyl (C=O) groups is 3. The van der Waals surface area contributed by atoms with Gasteiger partial charge in [-0.1, -0.05) is 34.1 Å². The summed E-state index contributed by atoms with van der Waals surface area (Å²) < 4.78 is 0. The number of aliphatic carboxylic acids is 1. The van der Waals surface area contributed by atoms with E-state index in [1.54, 1.807) is 26.1 Å². The first-order valence-corrected chi connectivity index (χ1v) is 10.5. The average molecular weight is 417 g/mol. The van der Waals surface area contributed by atoms with Crippen molar-refractivity contribution >= 4 is 23.6 Å². The minimum absolute atomic E-state index is 0.00427. The van der Waals surface area contributed by atoms with Crippen LogP contribution in [0.5, 0.6) is 0 Å². The lowest BCUT2D eigenvalue weighted by atomic mass is 9.89. The molecule has 0 aliphatic carbocycles. The van der Waals surface area contributed by atoms with Gasteiger partial charge < -0.3 is 15.7 Å². The van der Waals surface area contributed by atoms with Crippen LogP contribution in [0, 0.1) is 11.8 Å². The number of amidine groups is 1. The molecule has 2 atom stereocenters. The Morgan fingerprint density at radius 3 is 2.53 bits per heavy atom. The third-order valence-corrected chi connectivity index (χ3v) is 5.75. The number of hydrogen-bond donors (Lipinski definition) is 3. The van der Waals surface area contributed by atoms with Gasteiger partial charge in [-0.25, -0.2) is 4.99 Å². The molecule has 0 fully saturated rings. The topological polar surface area (TPSA) is 121 Å². The first kappa shape index (κ1) is 23.5. The molecule has 0 radical (unpaired) electrons. The van der Waals surface area contributed by atoms with Crippen molar-refractivity contribution in [2.45, 2.75) is 65.8 Å². The van der Waals surface area contributed by atoms with Crippen LogP contribution in [0.4, 0.5) is 0 Å². The predicted molar refractivity (Wildman–Crippen MR) is 115 cm³/mol. The number of aliphatic imine (C=N–C) groups is 1. The van der Waals surface area contributed by atoms with Gasteiger partial charge in [-0.15, -0.1) is 0 Å². The fourth-order valence-electron chi connectivity index (χ4n) is 3.11. The summed E-state index contributed by atoms with van der Waals surface area (Å²) in [5.74, 6) is -1.37. The van der Waals surface area contributed by atoms with E-state index in [9.17, 15) is 14.4 Å². The number of hydrogen-bond acceptors (Lipinski definition) is 5. The number of rotatable bonds is 10. The van der Waals surface area contributed by atoms with E-state index in [0.29, 0.717) is 42.9 Å². The number of carbonyl (C=O) groups excluding carboxylic acids is 2. The van der Waals surface area contributed by atoms with Crippen LogP contribution in [-0.2, 0) is 16.0 Å². The maximum atomic E-state index is 12.9. The lowest BCUT2D eigenvalue weighted by Gasteiger charge is -2.21. The third-order valence-electron chi connectivity index (χ3n) is 5.75. The van der Waals surface area contributed by atoms with Crippen LogP contribution in [0.3, 0.4) is 0 Å². The molecule has 3 N–H and O–H groups in total. The Bertz CT molecular complexity index is 850. The first-order valence-electron chi connectivity index (χ1n) is 10.5. The summed E-state index contributed by atoms with van der Waals surface area (Å²) in [5, 5.41) is 14.6. The first-order chi connectivity index (χ1) is 14.1. The van der Waals surface area contributed by atoms with E-state index in [1.165, 1.54) is 0 Å². The Hall–Kier alpha value is -2.77. The monoisotopic (exact) mass is 416 g/mol. The molecule has 0 saturated heterocycles. The molecular weight excluding hydrogens is 384 g/mol. The molecule has 8 heteroatoms. The standard InChI is InChI=1S/C22H32N4O4/c1-6-15-11-16(19(27)23-10-8-7-9-14(4)20(28)29)17(24-12-15)18-25-21(30)22(5,26-18)13(2)3/h11-14H,6-10H2,1-5H3,(H,23,27)(H,28,29)(H,25,26,30). The van der Waals surface area contributed by atoms with Crippen LogP contribution >= 0.6 is 0 Å². The largest absolute Gasteiger partial charge is 0.481 e. The van der Waals surface area contributed by atoms with Gasteiger partial charge in [-0.05, 0) is 43.7 Å². The summed E-state index contributed by atoms with van der Waals surface area (Å²) in [4.78, 5) is 45.2. The highest BCUT2D eigenvalue weighted by Gasteiger charge is 2.43. The van der Waals surface area contributed by atoms with Gasteiger partial charge in [0.15, 0.2) is 5.84 Å². The maximum Gasteiger partial charge on any atom is 0.306 e. The molecular formula is C22H32N4O4. The van der Waals surface area contributed by atoms with Gasteiger partial charge >= 0.3 is 5.97 Å². The smallest absolute Gasteiger partial charge is 0.306 e. The number of amides is 2. The second kappa shape index (κ2) is 9.82. The van der Waals surface area contributed by atoms with Crippen LogP contribution in [-0.4, -0.2) is 45.8 Å². The Morgan fingerprint density at radius 2 is 1.97 bits per heavy atom. The zero-order valence-electron chi connectivity index (χ0n) is 18.4. The summed E-state index contributed by atoms with van der Waals surface area (Å²) >= 11 is 0. The molecule has 1 aromatic heterocycles. The second-order valence-corrected chi connectivity index (χ2v) is 8.30. The highest BCUT2D eigenvalue weighted by atomic mass is 16.4. The SMILES string of the molecule is CCc1cnc(C2=NC(C)(C(C)C)C(=O)N2)c(C(=O)NCCCCC(C)C(=O)O)c1. The normalized spacial score (nSPS) is 19.4. The van der Waals surface area contributed by atoms with Gasteiger partial charge in [-0.3, -0.25) is 19.4 Å². The van der Waals surface area contributed by atoms with Crippen molar-refractivity contribution in [2.75, 3.05) is 6.54 Å². The Labute approximate surface area is 177 Å². The summed E-state index contributed by atoms with van der Waals surface area (Å²) in [5.41, 5.74) is 0.757. The minimum Gasteiger partial charge on any atom is -0.481 e. The zero-order chi connectivity index (χ0) is 22.5. The number of nitrogens with zero attached hydrogens (tertiary/aromatic N) is 2. The van der Waals surface area contributed by atoms with Gasteiger partial charge in [0.25, 0.3) is 11.8 Å². The van der Waals surface area contributed by atoms with Crippen molar-refractivity contribution in [1.29, 1.82) is 0 Å². The molecule has 0 saturated carbocycles. The van der Waals surface area contributed by atoms with E-state index >= 15 is 0 Å². The number of pyridine rings is 1. The molecule has 1 aromatic rings. The van der Waals surface area contributed by atoms with E-state index < -0.39 is 17.4 Å².